The average molecular weight is 1280 g/mol. The molecule has 0 saturated heterocycles. The molecule has 13 N–H and O–H groups in total. The smallest absolute Gasteiger partial charge is 0.203 e. The highest BCUT2D eigenvalue weighted by molar-refractivity contribution is 8.00. The Morgan fingerprint density at radius 1 is 0.571 bits per heavy atom. The summed E-state index contributed by atoms with van der Waals surface area (Å²) in [6, 6.07) is 11.6. The quantitative estimate of drug-likeness (QED) is 0.0580. The van der Waals surface area contributed by atoms with Gasteiger partial charge >= 0.3 is 0 Å². The maximum atomic E-state index is 5.45. The zero-order chi connectivity index (χ0) is 51.1. The van der Waals surface area contributed by atoms with Crippen molar-refractivity contribution in [3.63, 3.8) is 0 Å². The number of aromatic amines is 7. The van der Waals surface area contributed by atoms with Crippen molar-refractivity contribution < 1.29 is 0 Å². The van der Waals surface area contributed by atoms with E-state index in [1.54, 1.807) is 41.4 Å². The summed E-state index contributed by atoms with van der Waals surface area (Å²) in [6.45, 7) is 1.91. The number of nitrogens with zero attached hydrogens (tertiary/aromatic N) is 12. The van der Waals surface area contributed by atoms with Crippen LogP contribution in [0.25, 0.3) is 21.6 Å². The molecule has 0 bridgehead atoms. The Bertz CT molecular complexity index is 3310. The summed E-state index contributed by atoms with van der Waals surface area (Å²) in [5, 5.41) is 51.9. The Morgan fingerprint density at radius 3 is 1.41 bits per heavy atom. The maximum absolute atomic E-state index is 5.45. The van der Waals surface area contributed by atoms with Crippen molar-refractivity contribution in [2.24, 2.45) is 0 Å². The van der Waals surface area contributed by atoms with Gasteiger partial charge in [0.2, 0.25) is 10.3 Å². The normalized spacial score (nSPS) is 9.47. The summed E-state index contributed by atoms with van der Waals surface area (Å²) in [5.74, 6) is 0. The second-order valence-electron chi connectivity index (χ2n) is 10.7. The van der Waals surface area contributed by atoms with Crippen LogP contribution in [0.5, 0.6) is 0 Å². The van der Waals surface area contributed by atoms with Crippen molar-refractivity contribution in [1.29, 1.82) is 0 Å². The number of benzene rings is 1. The van der Waals surface area contributed by atoms with Gasteiger partial charge in [0.15, 0.2) is 36.4 Å². The standard InChI is InChI=1S/C7H6N4S.C6H4N2S.C3H5N3S2.C3H4N2S3.C3H4N2S2.C2H3N3S.2C2H2N2S3.C2H2N2S2/c8-7-11-10-6(12-7)5-1-3-9-4-2-5;1-2-4-6-5(3-1)7-9-8-6;1-7-3-6-5-2(4)8-3;1-7-3-5-4-2(6)8-3;1-2-4-5-3(6)7-2;3-2-1-4-5-6-2;2*5-1-3-4-2(6)7-1;5-2-4-3-1-6-2/h1-4H,(H2,8,11);1-4H;1H3,(H2,4,5);1H3,(H,4,6);1H3,(H,5,6);1H,3H2;2*(H,3,5)(H,4,6);1H,(H,4,5). The molecular formula is C30H32N22S18. The number of fused-ring (bicyclic) bond motifs is 1. The Hall–Kier alpha value is -3.69. The van der Waals surface area contributed by atoms with E-state index < -0.39 is 0 Å². The molecule has 0 fully saturated rings. The number of aryl methyl sites for hydroxylation is 1. The van der Waals surface area contributed by atoms with Crippen LogP contribution < -0.4 is 17.2 Å². The Morgan fingerprint density at radius 2 is 1.13 bits per heavy atom. The zero-order valence-corrected chi connectivity index (χ0v) is 49.9. The zero-order valence-electron chi connectivity index (χ0n) is 35.2. The van der Waals surface area contributed by atoms with E-state index in [4.69, 9.17) is 90.5 Å². The van der Waals surface area contributed by atoms with Gasteiger partial charge in [0.05, 0.1) is 17.9 Å². The Labute approximate surface area is 476 Å². The van der Waals surface area contributed by atoms with Gasteiger partial charge in [-0.3, -0.25) is 40.7 Å². The Balaban J connectivity index is 0.000000210. The minimum atomic E-state index is 0.488. The lowest BCUT2D eigenvalue weighted by molar-refractivity contribution is 1.00. The predicted octanol–water partition coefficient (Wildman–Crippen LogP) is 12.2. The van der Waals surface area contributed by atoms with Crippen LogP contribution in [0.3, 0.4) is 0 Å². The molecule has 0 amide bonds. The third-order valence-electron chi connectivity index (χ3n) is 5.91. The van der Waals surface area contributed by atoms with Gasteiger partial charge in [-0.2, -0.15) is 24.0 Å². The summed E-state index contributed by atoms with van der Waals surface area (Å²) < 4.78 is 18.5. The van der Waals surface area contributed by atoms with Crippen molar-refractivity contribution in [2.75, 3.05) is 29.7 Å². The molecule has 0 aliphatic rings. The first-order chi connectivity index (χ1) is 33.6. The van der Waals surface area contributed by atoms with E-state index >= 15 is 0 Å². The van der Waals surface area contributed by atoms with Gasteiger partial charge in [-0.15, -0.1) is 25.5 Å². The molecular weight excluding hydrogens is 1250 g/mol. The molecule has 11 rings (SSSR count). The van der Waals surface area contributed by atoms with Crippen LogP contribution in [-0.2, 0) is 0 Å². The first kappa shape index (κ1) is 60.6. The van der Waals surface area contributed by atoms with Gasteiger partial charge in [-0.05, 0) is 129 Å². The second-order valence-corrected chi connectivity index (χ2v) is 25.9. The third-order valence-corrected chi connectivity index (χ3v) is 16.0. The number of anilines is 3. The molecule has 10 aromatic heterocycles. The fourth-order valence-corrected chi connectivity index (χ4v) is 10.9. The van der Waals surface area contributed by atoms with Crippen molar-refractivity contribution in [3.8, 4) is 10.6 Å². The number of H-pyrrole nitrogens is 7. The van der Waals surface area contributed by atoms with Crippen molar-refractivity contribution >= 4 is 238 Å². The summed E-state index contributed by atoms with van der Waals surface area (Å²) in [5.41, 5.74) is 20.5. The topological polar surface area (TPSA) is 343 Å². The number of hydrogen-bond donors (Lipinski definition) is 10. The van der Waals surface area contributed by atoms with E-state index in [9.17, 15) is 0 Å². The highest BCUT2D eigenvalue weighted by Crippen LogP contribution is 2.23. The molecule has 0 unspecified atom stereocenters. The molecule has 0 aliphatic heterocycles. The molecule has 10 heterocycles. The van der Waals surface area contributed by atoms with Gasteiger partial charge in [0.25, 0.3) is 0 Å². The number of nitrogen functional groups attached to an aromatic ring is 3. The molecule has 0 atom stereocenters. The average Bonchev–Trinajstić information content (AvgIpc) is 4.20. The monoisotopic (exact) mass is 1280 g/mol. The maximum Gasteiger partial charge on any atom is 0.203 e. The molecule has 0 spiro atoms. The molecule has 0 radical (unpaired) electrons. The number of nitrogens with two attached hydrogens (primary N) is 3. The lowest BCUT2D eigenvalue weighted by atomic mass is 10.3. The summed E-state index contributed by atoms with van der Waals surface area (Å²) in [6.07, 6.45) is 8.87. The highest BCUT2D eigenvalue weighted by Gasteiger charge is 2.02. The largest absolute Gasteiger partial charge is 0.388 e. The lowest BCUT2D eigenvalue weighted by Crippen LogP contribution is -1.80. The SMILES string of the molecule is CSc1n[nH]c(=S)s1.CSc1nnc(N)s1.Cc1n[nH]c(=S)s1.Nc1cnns1.Nc1nnc(-c2ccncc2)s1.S=c1[nH][nH]c(=S)s1.S=c1[nH][nH]c(=S)s1.S=c1[nH]ncs1.c1ccc2nsnc2c1. The molecule has 0 aliphatic carbocycles. The highest BCUT2D eigenvalue weighted by atomic mass is 32.2. The summed E-state index contributed by atoms with van der Waals surface area (Å²) >= 11 is 48.5. The van der Waals surface area contributed by atoms with Crippen LogP contribution in [0.1, 0.15) is 5.01 Å². The summed E-state index contributed by atoms with van der Waals surface area (Å²) in [4.78, 5) is 3.90. The van der Waals surface area contributed by atoms with E-state index in [2.05, 4.69) is 107 Å². The van der Waals surface area contributed by atoms with Crippen LogP contribution in [0.4, 0.5) is 15.3 Å². The van der Waals surface area contributed by atoms with Crippen LogP contribution in [0.2, 0.25) is 0 Å². The first-order valence-electron chi connectivity index (χ1n) is 17.6. The molecule has 22 nitrogen and oxygen atoms in total. The third kappa shape index (κ3) is 27.2. The van der Waals surface area contributed by atoms with Crippen LogP contribution in [-0.4, -0.2) is 107 Å². The van der Waals surface area contributed by atoms with Gasteiger partial charge in [-0.25, -0.2) is 0 Å². The number of hydrogen-bond acceptors (Lipinski definition) is 33. The molecule has 1 aromatic carbocycles. The minimum absolute atomic E-state index is 0.488. The second kappa shape index (κ2) is 35.4. The summed E-state index contributed by atoms with van der Waals surface area (Å²) in [7, 11) is 0. The Kier molecular flexibility index (Phi) is 30.7. The number of nitrogens with one attached hydrogen (secondary N) is 7. The number of rotatable bonds is 3. The molecule has 70 heavy (non-hydrogen) atoms. The molecule has 370 valence electrons. The molecule has 0 saturated carbocycles. The van der Waals surface area contributed by atoms with Crippen molar-refractivity contribution in [3.05, 3.63) is 93.2 Å². The minimum Gasteiger partial charge on any atom is -0.388 e. The van der Waals surface area contributed by atoms with E-state index in [-0.39, 0.29) is 0 Å². The molecule has 11 aromatic rings. The number of pyridine rings is 1. The van der Waals surface area contributed by atoms with E-state index in [0.717, 1.165) is 47.2 Å². The van der Waals surface area contributed by atoms with Gasteiger partial charge in [0, 0.05) is 29.5 Å². The van der Waals surface area contributed by atoms with Gasteiger partial charge in [0.1, 0.15) is 31.6 Å². The van der Waals surface area contributed by atoms with Crippen LogP contribution >= 0.6 is 212 Å². The van der Waals surface area contributed by atoms with Crippen molar-refractivity contribution in [1.82, 2.24) is 94.7 Å². The van der Waals surface area contributed by atoms with Crippen LogP contribution in [0.15, 0.2) is 69.2 Å². The van der Waals surface area contributed by atoms with Gasteiger partial charge < -0.3 is 17.2 Å². The first-order valence-corrected chi connectivity index (χ1v) is 30.2. The molecule has 40 heteroatoms. The fraction of sp³-hybridized carbons (Fsp3) is 0.100. The van der Waals surface area contributed by atoms with Gasteiger partial charge in [-0.1, -0.05) is 120 Å². The lowest BCUT2D eigenvalue weighted by Gasteiger charge is -1.90. The van der Waals surface area contributed by atoms with E-state index in [1.807, 2.05) is 55.8 Å². The predicted molar refractivity (Wildman–Crippen MR) is 313 cm³/mol. The number of thioether (sulfide) groups is 2. The fourth-order valence-electron chi connectivity index (χ4n) is 3.31. The van der Waals surface area contributed by atoms with E-state index in [1.165, 1.54) is 109 Å². The number of aromatic nitrogens is 19. The van der Waals surface area contributed by atoms with Crippen LogP contribution in [0, 0.1) is 34.6 Å². The van der Waals surface area contributed by atoms with Crippen molar-refractivity contribution in [2.45, 2.75) is 15.6 Å². The van der Waals surface area contributed by atoms with E-state index in [0.29, 0.717) is 31.1 Å².